The van der Waals surface area contributed by atoms with Crippen LogP contribution in [0.3, 0.4) is 0 Å². The van der Waals surface area contributed by atoms with Crippen molar-refractivity contribution in [2.24, 2.45) is 11.7 Å². The Hall–Kier alpha value is -1.19. The van der Waals surface area contributed by atoms with Crippen LogP contribution in [0.2, 0.25) is 0 Å². The zero-order valence-corrected chi connectivity index (χ0v) is 12.3. The molecule has 1 aliphatic heterocycles. The van der Waals surface area contributed by atoms with Gasteiger partial charge >= 0.3 is 5.97 Å². The maximum Gasteiger partial charge on any atom is 0.317 e. The summed E-state index contributed by atoms with van der Waals surface area (Å²) in [5.74, 6) is -1.62. The fraction of sp³-hybridized carbons (Fsp3) is 0.818. The van der Waals surface area contributed by atoms with E-state index in [9.17, 15) is 18.0 Å². The lowest BCUT2D eigenvalue weighted by molar-refractivity contribution is -0.138. The first-order chi connectivity index (χ1) is 9.18. The van der Waals surface area contributed by atoms with Gasteiger partial charge in [-0.1, -0.05) is 0 Å². The number of primary amides is 1. The van der Waals surface area contributed by atoms with E-state index in [1.165, 1.54) is 9.21 Å². The summed E-state index contributed by atoms with van der Waals surface area (Å²) in [6.45, 7) is 0.777. The molecule has 1 amide bonds. The van der Waals surface area contributed by atoms with Crippen molar-refractivity contribution in [3.8, 4) is 0 Å². The molecule has 1 aliphatic rings. The molecule has 0 spiro atoms. The SMILES string of the molecule is CS(=O)(=O)N1CCCC(CN(CC(N)=O)CC(=O)O)C1. The van der Waals surface area contributed by atoms with Gasteiger partial charge in [0, 0.05) is 19.6 Å². The molecule has 0 aromatic carbocycles. The predicted molar refractivity (Wildman–Crippen MR) is 72.4 cm³/mol. The second-order valence-corrected chi connectivity index (χ2v) is 7.14. The van der Waals surface area contributed by atoms with Crippen molar-refractivity contribution < 1.29 is 23.1 Å². The Morgan fingerprint density at radius 2 is 2.05 bits per heavy atom. The second kappa shape index (κ2) is 7.00. The molecule has 0 radical (unpaired) electrons. The summed E-state index contributed by atoms with van der Waals surface area (Å²) < 4.78 is 24.4. The van der Waals surface area contributed by atoms with Gasteiger partial charge in [-0.05, 0) is 18.8 Å². The second-order valence-electron chi connectivity index (χ2n) is 5.16. The molecule has 8 nitrogen and oxygen atoms in total. The van der Waals surface area contributed by atoms with Gasteiger partial charge in [-0.25, -0.2) is 12.7 Å². The molecule has 0 aromatic rings. The number of piperidine rings is 1. The maximum atomic E-state index is 11.5. The molecule has 9 heteroatoms. The molecule has 0 aliphatic carbocycles. The predicted octanol–water partition coefficient (Wildman–Crippen LogP) is -1.47. The van der Waals surface area contributed by atoms with E-state index < -0.39 is 21.9 Å². The van der Waals surface area contributed by atoms with E-state index in [2.05, 4.69) is 0 Å². The standard InChI is InChI=1S/C11H21N3O5S/c1-20(18,19)14-4-2-3-9(6-14)5-13(7-10(12)15)8-11(16)17/h9H,2-8H2,1H3,(H2,12,15)(H,16,17). The van der Waals surface area contributed by atoms with Crippen LogP contribution in [0.1, 0.15) is 12.8 Å². The minimum absolute atomic E-state index is 0.0113. The number of carboxylic acid groups (broad SMARTS) is 1. The van der Waals surface area contributed by atoms with Gasteiger partial charge < -0.3 is 10.8 Å². The molecule has 0 bridgehead atoms. The smallest absolute Gasteiger partial charge is 0.317 e. The first kappa shape index (κ1) is 16.9. The summed E-state index contributed by atoms with van der Waals surface area (Å²) in [5.41, 5.74) is 5.09. The van der Waals surface area contributed by atoms with Gasteiger partial charge in [-0.15, -0.1) is 0 Å². The Bertz CT molecular complexity index is 449. The molecular formula is C11H21N3O5S. The Labute approximate surface area is 118 Å². The highest BCUT2D eigenvalue weighted by Crippen LogP contribution is 2.19. The molecule has 1 unspecified atom stereocenters. The molecule has 1 saturated heterocycles. The van der Waals surface area contributed by atoms with E-state index in [0.717, 1.165) is 19.1 Å². The van der Waals surface area contributed by atoms with Gasteiger partial charge in [-0.2, -0.15) is 0 Å². The third-order valence-corrected chi connectivity index (χ3v) is 4.48. The van der Waals surface area contributed by atoms with E-state index in [4.69, 9.17) is 10.8 Å². The van der Waals surface area contributed by atoms with Crippen LogP contribution in [-0.4, -0.2) is 73.6 Å². The van der Waals surface area contributed by atoms with Gasteiger partial charge in [0.25, 0.3) is 0 Å². The topological polar surface area (TPSA) is 121 Å². The molecule has 3 N–H and O–H groups in total. The van der Waals surface area contributed by atoms with E-state index >= 15 is 0 Å². The number of carbonyl (C=O) groups excluding carboxylic acids is 1. The van der Waals surface area contributed by atoms with Crippen molar-refractivity contribution in [1.82, 2.24) is 9.21 Å². The van der Waals surface area contributed by atoms with Crippen molar-refractivity contribution in [3.05, 3.63) is 0 Å². The lowest BCUT2D eigenvalue weighted by atomic mass is 9.99. The molecule has 0 aromatic heterocycles. The lowest BCUT2D eigenvalue weighted by Crippen LogP contribution is -2.46. The van der Waals surface area contributed by atoms with Gasteiger partial charge in [0.05, 0.1) is 19.3 Å². The zero-order chi connectivity index (χ0) is 15.3. The Balaban J connectivity index is 2.63. The lowest BCUT2D eigenvalue weighted by Gasteiger charge is -2.33. The van der Waals surface area contributed by atoms with E-state index in [-0.39, 0.29) is 19.0 Å². The molecular weight excluding hydrogens is 286 g/mol. The summed E-state index contributed by atoms with van der Waals surface area (Å²) in [6.07, 6.45) is 2.70. The average Bonchev–Trinajstić information content (AvgIpc) is 2.26. The largest absolute Gasteiger partial charge is 0.480 e. The summed E-state index contributed by atoms with van der Waals surface area (Å²) in [6, 6.07) is 0. The highest BCUT2D eigenvalue weighted by Gasteiger charge is 2.27. The zero-order valence-electron chi connectivity index (χ0n) is 11.5. The highest BCUT2D eigenvalue weighted by atomic mass is 32.2. The summed E-state index contributed by atoms with van der Waals surface area (Å²) in [5, 5.41) is 8.81. The quantitative estimate of drug-likeness (QED) is 0.592. The number of hydrogen-bond donors (Lipinski definition) is 2. The van der Waals surface area contributed by atoms with Crippen LogP contribution in [0, 0.1) is 5.92 Å². The first-order valence-electron chi connectivity index (χ1n) is 6.36. The number of amides is 1. The third kappa shape index (κ3) is 5.85. The van der Waals surface area contributed by atoms with Crippen LogP contribution in [0.25, 0.3) is 0 Å². The monoisotopic (exact) mass is 307 g/mol. The van der Waals surface area contributed by atoms with E-state index in [1.807, 2.05) is 0 Å². The number of hydrogen-bond acceptors (Lipinski definition) is 5. The van der Waals surface area contributed by atoms with Crippen LogP contribution < -0.4 is 5.73 Å². The van der Waals surface area contributed by atoms with Crippen molar-refractivity contribution in [1.29, 1.82) is 0 Å². The normalized spacial score (nSPS) is 21.0. The summed E-state index contributed by atoms with van der Waals surface area (Å²) in [4.78, 5) is 23.1. The number of nitrogens with zero attached hydrogens (tertiary/aromatic N) is 2. The van der Waals surface area contributed by atoms with Gasteiger partial charge in [0.2, 0.25) is 15.9 Å². The van der Waals surface area contributed by atoms with Gasteiger partial charge in [-0.3, -0.25) is 14.5 Å². The number of nitrogens with two attached hydrogens (primary N) is 1. The first-order valence-corrected chi connectivity index (χ1v) is 8.21. The fourth-order valence-corrected chi connectivity index (χ4v) is 3.38. The minimum atomic E-state index is -3.23. The van der Waals surface area contributed by atoms with Gasteiger partial charge in [0.1, 0.15) is 0 Å². The van der Waals surface area contributed by atoms with Crippen molar-refractivity contribution in [2.45, 2.75) is 12.8 Å². The summed E-state index contributed by atoms with van der Waals surface area (Å²) >= 11 is 0. The van der Waals surface area contributed by atoms with Crippen LogP contribution in [0.15, 0.2) is 0 Å². The molecule has 1 rings (SSSR count). The number of aliphatic carboxylic acids is 1. The van der Waals surface area contributed by atoms with Crippen molar-refractivity contribution in [3.63, 3.8) is 0 Å². The van der Waals surface area contributed by atoms with E-state index in [1.54, 1.807) is 0 Å². The van der Waals surface area contributed by atoms with Crippen LogP contribution in [0.4, 0.5) is 0 Å². The fourth-order valence-electron chi connectivity index (χ4n) is 2.44. The molecule has 1 fully saturated rings. The Morgan fingerprint density at radius 1 is 1.40 bits per heavy atom. The molecule has 116 valence electrons. The number of carboxylic acids is 1. The maximum absolute atomic E-state index is 11.5. The molecule has 1 atom stereocenters. The van der Waals surface area contributed by atoms with Gasteiger partial charge in [0.15, 0.2) is 0 Å². The molecule has 1 heterocycles. The third-order valence-electron chi connectivity index (χ3n) is 3.21. The number of rotatable bonds is 7. The van der Waals surface area contributed by atoms with Crippen LogP contribution in [0.5, 0.6) is 0 Å². The molecule has 0 saturated carbocycles. The minimum Gasteiger partial charge on any atom is -0.480 e. The Kier molecular flexibility index (Phi) is 5.90. The number of sulfonamides is 1. The van der Waals surface area contributed by atoms with Crippen LogP contribution in [-0.2, 0) is 19.6 Å². The average molecular weight is 307 g/mol. The Morgan fingerprint density at radius 3 is 2.55 bits per heavy atom. The van der Waals surface area contributed by atoms with Crippen LogP contribution >= 0.6 is 0 Å². The summed E-state index contributed by atoms with van der Waals surface area (Å²) in [7, 11) is -3.23. The number of carbonyl (C=O) groups is 2. The van der Waals surface area contributed by atoms with Crippen molar-refractivity contribution >= 4 is 21.9 Å². The highest BCUT2D eigenvalue weighted by molar-refractivity contribution is 7.88. The van der Waals surface area contributed by atoms with Crippen molar-refractivity contribution in [2.75, 3.05) is 39.0 Å². The van der Waals surface area contributed by atoms with E-state index in [0.29, 0.717) is 19.6 Å². The molecule has 20 heavy (non-hydrogen) atoms.